The monoisotopic (exact) mass is 440 g/mol. The van der Waals surface area contributed by atoms with Gasteiger partial charge < -0.3 is 10.3 Å². The largest absolute Gasteiger partial charge is 0.327 e. The van der Waals surface area contributed by atoms with Crippen molar-refractivity contribution < 1.29 is 8.42 Å². The third-order valence-corrected chi connectivity index (χ3v) is 7.92. The Hall–Kier alpha value is -2.25. The second-order valence-electron chi connectivity index (χ2n) is 9.64. The number of aromatic nitrogens is 3. The number of hydrogen-bond donors (Lipinski definition) is 1. The summed E-state index contributed by atoms with van der Waals surface area (Å²) in [5, 5.41) is 0. The minimum Gasteiger partial charge on any atom is -0.327 e. The average Bonchev–Trinajstić information content (AvgIpc) is 3.13. The van der Waals surface area contributed by atoms with E-state index in [9.17, 15) is 8.42 Å². The first-order chi connectivity index (χ1) is 14.7. The van der Waals surface area contributed by atoms with Crippen molar-refractivity contribution in [2.45, 2.75) is 81.2 Å². The normalized spacial score (nSPS) is 16.1. The average molecular weight is 441 g/mol. The Morgan fingerprint density at radius 3 is 2.39 bits per heavy atom. The molecule has 1 aliphatic carbocycles. The van der Waals surface area contributed by atoms with E-state index in [0.29, 0.717) is 11.6 Å². The first-order valence-electron chi connectivity index (χ1n) is 11.1. The molecule has 1 saturated carbocycles. The van der Waals surface area contributed by atoms with Gasteiger partial charge in [-0.15, -0.1) is 0 Å². The van der Waals surface area contributed by atoms with Crippen LogP contribution in [-0.2, 0) is 28.3 Å². The predicted octanol–water partition coefficient (Wildman–Crippen LogP) is 4.60. The predicted molar refractivity (Wildman–Crippen MR) is 123 cm³/mol. The van der Waals surface area contributed by atoms with Gasteiger partial charge in [-0.2, -0.15) is 0 Å². The van der Waals surface area contributed by atoms with Gasteiger partial charge in [0, 0.05) is 24.7 Å². The van der Waals surface area contributed by atoms with Crippen molar-refractivity contribution in [1.82, 2.24) is 14.5 Å². The topological polar surface area (TPSA) is 90.9 Å². The molecule has 2 N–H and O–H groups in total. The minimum atomic E-state index is -3.67. The maximum atomic E-state index is 13.2. The van der Waals surface area contributed by atoms with Gasteiger partial charge in [0.25, 0.3) is 0 Å². The van der Waals surface area contributed by atoms with Crippen molar-refractivity contribution in [3.05, 3.63) is 48.0 Å². The Balaban J connectivity index is 1.76. The van der Waals surface area contributed by atoms with Crippen LogP contribution < -0.4 is 5.73 Å². The fraction of sp³-hybridized carbons (Fsp3) is 0.500. The van der Waals surface area contributed by atoms with Crippen molar-refractivity contribution >= 4 is 20.9 Å². The Bertz CT molecular complexity index is 1170. The molecule has 7 heteroatoms. The molecule has 2 heterocycles. The van der Waals surface area contributed by atoms with E-state index < -0.39 is 9.84 Å². The van der Waals surface area contributed by atoms with Crippen molar-refractivity contribution in [3.8, 4) is 0 Å². The molecule has 1 fully saturated rings. The lowest BCUT2D eigenvalue weighted by Gasteiger charge is -2.26. The molecule has 0 saturated heterocycles. The molecule has 4 rings (SSSR count). The van der Waals surface area contributed by atoms with Crippen LogP contribution in [0.5, 0.6) is 0 Å². The van der Waals surface area contributed by atoms with E-state index in [-0.39, 0.29) is 21.8 Å². The number of hydrogen-bond acceptors (Lipinski definition) is 5. The van der Waals surface area contributed by atoms with Crippen LogP contribution in [-0.4, -0.2) is 23.0 Å². The van der Waals surface area contributed by atoms with Gasteiger partial charge in [0.15, 0.2) is 0 Å². The van der Waals surface area contributed by atoms with Crippen LogP contribution in [0.4, 0.5) is 0 Å². The molecule has 31 heavy (non-hydrogen) atoms. The second-order valence-corrected chi connectivity index (χ2v) is 11.6. The van der Waals surface area contributed by atoms with Crippen LogP contribution in [0.3, 0.4) is 0 Å². The smallest absolute Gasteiger partial charge is 0.208 e. The fourth-order valence-corrected chi connectivity index (χ4v) is 5.71. The zero-order valence-corrected chi connectivity index (χ0v) is 19.5. The minimum absolute atomic E-state index is 0.130. The highest BCUT2D eigenvalue weighted by Gasteiger charge is 2.27. The molecule has 2 aromatic heterocycles. The summed E-state index contributed by atoms with van der Waals surface area (Å²) in [4.78, 5) is 9.46. The highest BCUT2D eigenvalue weighted by Crippen LogP contribution is 2.32. The molecule has 0 spiro atoms. The van der Waals surface area contributed by atoms with Crippen LogP contribution >= 0.6 is 0 Å². The zero-order valence-electron chi connectivity index (χ0n) is 18.6. The molecule has 166 valence electrons. The van der Waals surface area contributed by atoms with Gasteiger partial charge in [-0.3, -0.25) is 4.98 Å². The quantitative estimate of drug-likeness (QED) is 0.626. The van der Waals surface area contributed by atoms with Gasteiger partial charge in [0.05, 0.1) is 26.5 Å². The Labute approximate surface area is 184 Å². The summed E-state index contributed by atoms with van der Waals surface area (Å²) < 4.78 is 28.7. The number of pyridine rings is 1. The van der Waals surface area contributed by atoms with Gasteiger partial charge in [-0.1, -0.05) is 40.0 Å². The van der Waals surface area contributed by atoms with Gasteiger partial charge in [0.1, 0.15) is 5.82 Å². The molecule has 0 aliphatic heterocycles. The molecular formula is C24H32N4O2S. The lowest BCUT2D eigenvalue weighted by Crippen LogP contribution is -2.22. The van der Waals surface area contributed by atoms with E-state index in [1.165, 1.54) is 38.3 Å². The summed E-state index contributed by atoms with van der Waals surface area (Å²) >= 11 is 0. The zero-order chi connectivity index (χ0) is 22.2. The first kappa shape index (κ1) is 22.0. The number of benzene rings is 1. The van der Waals surface area contributed by atoms with Crippen LogP contribution in [0.2, 0.25) is 0 Å². The van der Waals surface area contributed by atoms with E-state index in [1.807, 2.05) is 6.07 Å². The molecule has 1 aromatic carbocycles. The van der Waals surface area contributed by atoms with E-state index in [4.69, 9.17) is 10.7 Å². The Kier molecular flexibility index (Phi) is 5.92. The van der Waals surface area contributed by atoms with Crippen molar-refractivity contribution in [3.63, 3.8) is 0 Å². The Morgan fingerprint density at radius 1 is 1.06 bits per heavy atom. The third-order valence-electron chi connectivity index (χ3n) is 6.18. The number of imidazole rings is 1. The lowest BCUT2D eigenvalue weighted by atomic mass is 9.88. The van der Waals surface area contributed by atoms with E-state index >= 15 is 0 Å². The van der Waals surface area contributed by atoms with Gasteiger partial charge in [-0.05, 0) is 49.1 Å². The van der Waals surface area contributed by atoms with Crippen molar-refractivity contribution in [2.24, 2.45) is 11.7 Å². The summed E-state index contributed by atoms with van der Waals surface area (Å²) in [7, 11) is -3.67. The Morgan fingerprint density at radius 2 is 1.77 bits per heavy atom. The molecule has 1 aliphatic rings. The molecular weight excluding hydrogens is 408 g/mol. The maximum Gasteiger partial charge on any atom is 0.208 e. The van der Waals surface area contributed by atoms with Crippen LogP contribution in [0.25, 0.3) is 11.0 Å². The second kappa shape index (κ2) is 8.36. The molecule has 0 atom stereocenters. The van der Waals surface area contributed by atoms with Crippen LogP contribution in [0, 0.1) is 5.92 Å². The molecule has 6 nitrogen and oxygen atoms in total. The molecule has 0 bridgehead atoms. The summed E-state index contributed by atoms with van der Waals surface area (Å²) in [5.74, 6) is 1.67. The molecule has 0 unspecified atom stereocenters. The maximum absolute atomic E-state index is 13.2. The third kappa shape index (κ3) is 4.39. The fourth-order valence-electron chi connectivity index (χ4n) is 4.49. The molecule has 3 aromatic rings. The standard InChI is InChI=1S/C24H32N4O2S/c1-24(2,3)23-27-21-13-19(31(29,30)20-10-9-18(14-25)26-15-20)11-12-22(21)28(23)16-17-7-5-4-6-8-17/h9-13,15,17H,4-8,14,16,25H2,1-3H3. The van der Waals surface area contributed by atoms with Gasteiger partial charge in [-0.25, -0.2) is 13.4 Å². The highest BCUT2D eigenvalue weighted by atomic mass is 32.2. The highest BCUT2D eigenvalue weighted by molar-refractivity contribution is 7.91. The van der Waals surface area contributed by atoms with E-state index in [0.717, 1.165) is 23.4 Å². The van der Waals surface area contributed by atoms with E-state index in [2.05, 4.69) is 30.3 Å². The van der Waals surface area contributed by atoms with Gasteiger partial charge >= 0.3 is 0 Å². The first-order valence-corrected chi connectivity index (χ1v) is 12.6. The summed E-state index contributed by atoms with van der Waals surface area (Å²) in [6.07, 6.45) is 7.80. The number of fused-ring (bicyclic) bond motifs is 1. The summed E-state index contributed by atoms with van der Waals surface area (Å²) in [5.41, 5.74) is 7.84. The summed E-state index contributed by atoms with van der Waals surface area (Å²) in [6.45, 7) is 7.70. The number of sulfone groups is 1. The van der Waals surface area contributed by atoms with Crippen LogP contribution in [0.15, 0.2) is 46.3 Å². The molecule has 0 amide bonds. The number of nitrogens with zero attached hydrogens (tertiary/aromatic N) is 3. The molecule has 0 radical (unpaired) electrons. The van der Waals surface area contributed by atoms with Crippen molar-refractivity contribution in [2.75, 3.05) is 0 Å². The SMILES string of the molecule is CC(C)(C)c1nc2cc(S(=O)(=O)c3ccc(CN)nc3)ccc2n1CC1CCCCC1. The van der Waals surface area contributed by atoms with Crippen molar-refractivity contribution in [1.29, 1.82) is 0 Å². The lowest BCUT2D eigenvalue weighted by molar-refractivity contribution is 0.313. The van der Waals surface area contributed by atoms with E-state index in [1.54, 1.807) is 24.3 Å². The number of nitrogens with two attached hydrogens (primary N) is 1. The van der Waals surface area contributed by atoms with Crippen LogP contribution in [0.1, 0.15) is 64.4 Å². The summed E-state index contributed by atoms with van der Waals surface area (Å²) in [6, 6.07) is 8.53. The number of rotatable bonds is 5. The van der Waals surface area contributed by atoms with Gasteiger partial charge in [0.2, 0.25) is 9.84 Å².